The maximum Gasteiger partial charge on any atom is 0.232 e. The highest BCUT2D eigenvalue weighted by Crippen LogP contribution is 2.36. The summed E-state index contributed by atoms with van der Waals surface area (Å²) in [5.74, 6) is 1.59. The highest BCUT2D eigenvalue weighted by Gasteiger charge is 2.17. The fourth-order valence-electron chi connectivity index (χ4n) is 2.76. The Balaban J connectivity index is 1.82. The standard InChI is InChI=1S/C19H14BrN3O2/c1-11-16-18(23-14-3-2-4-15(24)9-14)21-10-22-19(16)25-17(11)12-5-7-13(20)8-6-12/h2-10,24H,1H3,(H,21,22,23). The molecule has 2 aromatic heterocycles. The second-order valence-corrected chi connectivity index (χ2v) is 6.56. The Morgan fingerprint density at radius 2 is 1.88 bits per heavy atom. The summed E-state index contributed by atoms with van der Waals surface area (Å²) >= 11 is 3.44. The van der Waals surface area contributed by atoms with Crippen LogP contribution in [0, 0.1) is 6.92 Å². The van der Waals surface area contributed by atoms with Gasteiger partial charge in [0.2, 0.25) is 5.71 Å². The lowest BCUT2D eigenvalue weighted by molar-refractivity contribution is 0.475. The molecule has 25 heavy (non-hydrogen) atoms. The zero-order valence-corrected chi connectivity index (χ0v) is 14.9. The zero-order chi connectivity index (χ0) is 17.4. The van der Waals surface area contributed by atoms with E-state index in [-0.39, 0.29) is 5.75 Å². The first-order valence-corrected chi connectivity index (χ1v) is 8.47. The van der Waals surface area contributed by atoms with Crippen molar-refractivity contribution in [3.63, 3.8) is 0 Å². The molecule has 6 heteroatoms. The van der Waals surface area contributed by atoms with Gasteiger partial charge in [-0.25, -0.2) is 9.97 Å². The van der Waals surface area contributed by atoms with Gasteiger partial charge >= 0.3 is 0 Å². The molecule has 0 saturated heterocycles. The number of hydrogen-bond donors (Lipinski definition) is 2. The van der Waals surface area contributed by atoms with E-state index in [1.807, 2.05) is 37.3 Å². The maximum absolute atomic E-state index is 9.64. The Hall–Kier alpha value is -2.86. The van der Waals surface area contributed by atoms with E-state index < -0.39 is 0 Å². The van der Waals surface area contributed by atoms with Crippen LogP contribution in [0.2, 0.25) is 0 Å². The number of fused-ring (bicyclic) bond motifs is 1. The van der Waals surface area contributed by atoms with Crippen molar-refractivity contribution in [1.82, 2.24) is 9.97 Å². The number of aryl methyl sites for hydroxylation is 1. The number of nitrogens with one attached hydrogen (secondary N) is 1. The minimum Gasteiger partial charge on any atom is -0.508 e. The van der Waals surface area contributed by atoms with Crippen LogP contribution in [0.3, 0.4) is 0 Å². The summed E-state index contributed by atoms with van der Waals surface area (Å²) in [5, 5.41) is 13.7. The Morgan fingerprint density at radius 1 is 1.08 bits per heavy atom. The molecule has 0 saturated carbocycles. The van der Waals surface area contributed by atoms with E-state index in [9.17, 15) is 5.11 Å². The van der Waals surface area contributed by atoms with Crippen molar-refractivity contribution in [1.29, 1.82) is 0 Å². The summed E-state index contributed by atoms with van der Waals surface area (Å²) in [6, 6.07) is 14.8. The average molecular weight is 396 g/mol. The second kappa shape index (κ2) is 6.22. The van der Waals surface area contributed by atoms with E-state index in [1.165, 1.54) is 6.33 Å². The van der Waals surface area contributed by atoms with Crippen molar-refractivity contribution in [2.45, 2.75) is 6.92 Å². The predicted octanol–water partition coefficient (Wildman–Crippen LogP) is 5.41. The minimum atomic E-state index is 0.190. The largest absolute Gasteiger partial charge is 0.508 e. The van der Waals surface area contributed by atoms with Gasteiger partial charge in [-0.15, -0.1) is 0 Å². The van der Waals surface area contributed by atoms with Gasteiger partial charge in [-0.1, -0.05) is 34.1 Å². The van der Waals surface area contributed by atoms with Gasteiger partial charge in [0, 0.05) is 27.4 Å². The molecule has 0 aliphatic carbocycles. The molecule has 0 spiro atoms. The van der Waals surface area contributed by atoms with E-state index in [1.54, 1.807) is 18.2 Å². The fraction of sp³-hybridized carbons (Fsp3) is 0.0526. The molecule has 5 nitrogen and oxygen atoms in total. The number of aromatic hydroxyl groups is 1. The van der Waals surface area contributed by atoms with Crippen LogP contribution in [-0.2, 0) is 0 Å². The fourth-order valence-corrected chi connectivity index (χ4v) is 3.03. The van der Waals surface area contributed by atoms with Crippen LogP contribution in [0.1, 0.15) is 5.56 Å². The SMILES string of the molecule is Cc1c(-c2ccc(Br)cc2)oc2ncnc(Nc3cccc(O)c3)c12. The first-order valence-electron chi connectivity index (χ1n) is 7.68. The van der Waals surface area contributed by atoms with Gasteiger partial charge in [0.1, 0.15) is 23.7 Å². The first kappa shape index (κ1) is 15.7. The normalized spacial score (nSPS) is 11.0. The molecule has 0 atom stereocenters. The minimum absolute atomic E-state index is 0.190. The number of benzene rings is 2. The number of phenolic OH excluding ortho intramolecular Hbond substituents is 1. The monoisotopic (exact) mass is 395 g/mol. The molecule has 0 radical (unpaired) electrons. The van der Waals surface area contributed by atoms with Crippen molar-refractivity contribution < 1.29 is 9.52 Å². The van der Waals surface area contributed by atoms with Gasteiger partial charge in [-0.2, -0.15) is 0 Å². The van der Waals surface area contributed by atoms with Gasteiger partial charge in [0.25, 0.3) is 0 Å². The summed E-state index contributed by atoms with van der Waals surface area (Å²) in [6.07, 6.45) is 1.46. The summed E-state index contributed by atoms with van der Waals surface area (Å²) in [4.78, 5) is 8.59. The lowest BCUT2D eigenvalue weighted by atomic mass is 10.1. The zero-order valence-electron chi connectivity index (χ0n) is 13.3. The number of rotatable bonds is 3. The molecule has 0 aliphatic rings. The first-order chi connectivity index (χ1) is 12.1. The molecule has 0 aliphatic heterocycles. The molecule has 124 valence electrons. The predicted molar refractivity (Wildman–Crippen MR) is 101 cm³/mol. The van der Waals surface area contributed by atoms with Gasteiger partial charge in [0.05, 0.1) is 5.39 Å². The molecular formula is C19H14BrN3O2. The molecule has 4 rings (SSSR count). The third kappa shape index (κ3) is 2.96. The van der Waals surface area contributed by atoms with Gasteiger partial charge in [0.15, 0.2) is 0 Å². The van der Waals surface area contributed by atoms with Crippen LogP contribution in [0.5, 0.6) is 5.75 Å². The number of nitrogens with zero attached hydrogens (tertiary/aromatic N) is 2. The van der Waals surface area contributed by atoms with Gasteiger partial charge < -0.3 is 14.8 Å². The van der Waals surface area contributed by atoms with E-state index in [0.717, 1.165) is 32.4 Å². The van der Waals surface area contributed by atoms with Crippen LogP contribution in [0.15, 0.2) is 63.7 Å². The molecular weight excluding hydrogens is 382 g/mol. The van der Waals surface area contributed by atoms with Crippen LogP contribution < -0.4 is 5.32 Å². The van der Waals surface area contributed by atoms with Gasteiger partial charge in [-0.05, 0) is 31.2 Å². The third-order valence-corrected chi connectivity index (χ3v) is 4.47. The van der Waals surface area contributed by atoms with Crippen molar-refractivity contribution >= 4 is 38.5 Å². The number of hydrogen-bond acceptors (Lipinski definition) is 5. The van der Waals surface area contributed by atoms with Crippen molar-refractivity contribution in [3.8, 4) is 17.1 Å². The molecule has 2 aromatic carbocycles. The van der Waals surface area contributed by atoms with E-state index in [2.05, 4.69) is 31.2 Å². The van der Waals surface area contributed by atoms with E-state index in [0.29, 0.717) is 11.5 Å². The maximum atomic E-state index is 9.64. The van der Waals surface area contributed by atoms with E-state index in [4.69, 9.17) is 4.42 Å². The van der Waals surface area contributed by atoms with Crippen molar-refractivity contribution in [2.24, 2.45) is 0 Å². The molecule has 0 unspecified atom stereocenters. The number of halogens is 1. The second-order valence-electron chi connectivity index (χ2n) is 5.64. The average Bonchev–Trinajstić information content (AvgIpc) is 2.94. The van der Waals surface area contributed by atoms with Crippen LogP contribution in [0.4, 0.5) is 11.5 Å². The smallest absolute Gasteiger partial charge is 0.232 e. The van der Waals surface area contributed by atoms with Crippen LogP contribution in [0.25, 0.3) is 22.4 Å². The lowest BCUT2D eigenvalue weighted by Gasteiger charge is -2.06. The summed E-state index contributed by atoms with van der Waals surface area (Å²) in [5.41, 5.74) is 3.20. The topological polar surface area (TPSA) is 71.2 Å². The number of anilines is 2. The van der Waals surface area contributed by atoms with Crippen molar-refractivity contribution in [2.75, 3.05) is 5.32 Å². The summed E-state index contributed by atoms with van der Waals surface area (Å²) in [7, 11) is 0. The summed E-state index contributed by atoms with van der Waals surface area (Å²) in [6.45, 7) is 1.99. The van der Waals surface area contributed by atoms with Crippen molar-refractivity contribution in [3.05, 3.63) is 64.9 Å². The highest BCUT2D eigenvalue weighted by molar-refractivity contribution is 9.10. The van der Waals surface area contributed by atoms with Crippen LogP contribution in [-0.4, -0.2) is 15.1 Å². The number of aromatic nitrogens is 2. The quantitative estimate of drug-likeness (QED) is 0.485. The Kier molecular flexibility index (Phi) is 3.89. The number of phenols is 1. The molecule has 2 N–H and O–H groups in total. The highest BCUT2D eigenvalue weighted by atomic mass is 79.9. The molecule has 0 amide bonds. The van der Waals surface area contributed by atoms with Gasteiger partial charge in [-0.3, -0.25) is 0 Å². The molecule has 4 aromatic rings. The lowest BCUT2D eigenvalue weighted by Crippen LogP contribution is -1.95. The molecule has 0 fully saturated rings. The van der Waals surface area contributed by atoms with Crippen LogP contribution >= 0.6 is 15.9 Å². The molecule has 2 heterocycles. The Morgan fingerprint density at radius 3 is 2.64 bits per heavy atom. The number of furan rings is 1. The summed E-state index contributed by atoms with van der Waals surface area (Å²) < 4.78 is 6.98. The third-order valence-electron chi connectivity index (χ3n) is 3.94. The molecule has 0 bridgehead atoms. The Labute approximate surface area is 152 Å². The Bertz CT molecular complexity index is 1060. The van der Waals surface area contributed by atoms with E-state index >= 15 is 0 Å².